The zero-order valence-electron chi connectivity index (χ0n) is 13.5. The Kier molecular flexibility index (Phi) is 12.2. The first kappa shape index (κ1) is 20.1. The minimum absolute atomic E-state index is 0.274. The first-order chi connectivity index (χ1) is 10.1. The van der Waals surface area contributed by atoms with Gasteiger partial charge in [0.05, 0.1) is 0 Å². The maximum Gasteiger partial charge on any atom is 0.255 e. The summed E-state index contributed by atoms with van der Waals surface area (Å²) in [4.78, 5) is 24.1. The molecule has 0 heterocycles. The van der Waals surface area contributed by atoms with Crippen molar-refractivity contribution in [3.05, 3.63) is 0 Å². The van der Waals surface area contributed by atoms with Gasteiger partial charge in [0, 0.05) is 6.04 Å². The summed E-state index contributed by atoms with van der Waals surface area (Å²) in [5.74, 6) is -1.28. The minimum Gasteiger partial charge on any atom is -0.387 e. The average Bonchev–Trinajstić information content (AvgIpc) is 2.49. The van der Waals surface area contributed by atoms with Crippen LogP contribution in [0.4, 0.5) is 0 Å². The third-order valence-electron chi connectivity index (χ3n) is 3.72. The van der Waals surface area contributed by atoms with Crippen LogP contribution in [0.15, 0.2) is 0 Å². The first-order valence-corrected chi connectivity index (χ1v) is 8.15. The maximum atomic E-state index is 11.5. The molecule has 0 fully saturated rings. The van der Waals surface area contributed by atoms with Crippen molar-refractivity contribution in [3.63, 3.8) is 0 Å². The molecule has 0 rings (SSSR count). The fourth-order valence-electron chi connectivity index (χ4n) is 2.49. The number of nitrogens with zero attached hydrogens (tertiary/aromatic N) is 1. The lowest BCUT2D eigenvalue weighted by atomic mass is 10.0. The number of amides is 2. The molecule has 0 aliphatic rings. The number of hydrogen-bond acceptors (Lipinski definition) is 4. The van der Waals surface area contributed by atoms with Gasteiger partial charge >= 0.3 is 0 Å². The van der Waals surface area contributed by atoms with Crippen molar-refractivity contribution in [2.24, 2.45) is 0 Å². The summed E-state index contributed by atoms with van der Waals surface area (Å²) in [6.45, 7) is 2.58. The molecule has 0 saturated heterocycles. The van der Waals surface area contributed by atoms with Gasteiger partial charge in [0.25, 0.3) is 11.8 Å². The highest BCUT2D eigenvalue weighted by molar-refractivity contribution is 5.96. The lowest BCUT2D eigenvalue weighted by molar-refractivity contribution is -0.151. The third kappa shape index (κ3) is 8.83. The van der Waals surface area contributed by atoms with E-state index in [0.29, 0.717) is 6.42 Å². The Hall–Kier alpha value is -0.940. The minimum atomic E-state index is -0.701. The summed E-state index contributed by atoms with van der Waals surface area (Å²) in [7, 11) is 0. The fraction of sp³-hybridized carbons (Fsp3) is 0.875. The second-order valence-corrected chi connectivity index (χ2v) is 5.59. The molecule has 1 unspecified atom stereocenters. The van der Waals surface area contributed by atoms with Crippen LogP contribution in [0.2, 0.25) is 0 Å². The van der Waals surface area contributed by atoms with Crippen molar-refractivity contribution < 1.29 is 19.8 Å². The van der Waals surface area contributed by atoms with E-state index in [1.165, 1.54) is 38.5 Å². The molecule has 5 heteroatoms. The molecular weight excluding hydrogens is 270 g/mol. The van der Waals surface area contributed by atoms with Gasteiger partial charge in [-0.3, -0.25) is 14.5 Å². The third-order valence-corrected chi connectivity index (χ3v) is 3.72. The number of carbonyl (C=O) groups is 2. The molecule has 1 atom stereocenters. The zero-order valence-corrected chi connectivity index (χ0v) is 13.5. The molecule has 0 bridgehead atoms. The second kappa shape index (κ2) is 12.8. The van der Waals surface area contributed by atoms with Crippen LogP contribution >= 0.6 is 0 Å². The highest BCUT2D eigenvalue weighted by Crippen LogP contribution is 2.13. The molecule has 0 radical (unpaired) electrons. The van der Waals surface area contributed by atoms with Crippen LogP contribution in [0.3, 0.4) is 0 Å². The Bertz CT molecular complexity index is 278. The predicted octanol–water partition coefficient (Wildman–Crippen LogP) is 2.25. The van der Waals surface area contributed by atoms with Gasteiger partial charge in [-0.2, -0.15) is 0 Å². The van der Waals surface area contributed by atoms with E-state index < -0.39 is 25.0 Å². The van der Waals surface area contributed by atoms with E-state index in [-0.39, 0.29) is 6.04 Å². The molecule has 2 N–H and O–H groups in total. The van der Waals surface area contributed by atoms with Crippen molar-refractivity contribution in [1.29, 1.82) is 0 Å². The number of aliphatic hydroxyl groups excluding tert-OH is 2. The van der Waals surface area contributed by atoms with Gasteiger partial charge in [-0.25, -0.2) is 0 Å². The summed E-state index contributed by atoms with van der Waals surface area (Å²) in [5.41, 5.74) is 0. The molecule has 0 saturated carbocycles. The van der Waals surface area contributed by atoms with Gasteiger partial charge in [0.2, 0.25) is 0 Å². The molecule has 124 valence electrons. The molecule has 0 aliphatic heterocycles. The highest BCUT2D eigenvalue weighted by Gasteiger charge is 2.25. The highest BCUT2D eigenvalue weighted by atomic mass is 16.3. The van der Waals surface area contributed by atoms with E-state index in [1.54, 1.807) is 6.92 Å². The standard InChI is InChI=1S/C16H31NO4/c1-3-4-5-6-7-8-9-10-11-14(2)17(15(20)12-18)16(21)13-19/h14,18-19H,3-13H2,1-2H3. The van der Waals surface area contributed by atoms with Crippen molar-refractivity contribution >= 4 is 11.8 Å². The molecule has 21 heavy (non-hydrogen) atoms. The molecule has 0 aromatic heterocycles. The summed E-state index contributed by atoms with van der Waals surface area (Å²) in [6.07, 6.45) is 10.3. The number of rotatable bonds is 12. The number of carbonyl (C=O) groups excluding carboxylic acids is 2. The summed E-state index contributed by atoms with van der Waals surface area (Å²) in [6, 6.07) is -0.274. The monoisotopic (exact) mass is 301 g/mol. The Balaban J connectivity index is 3.91. The summed E-state index contributed by atoms with van der Waals surface area (Å²) >= 11 is 0. The lowest BCUT2D eigenvalue weighted by Crippen LogP contribution is -2.46. The number of aliphatic hydroxyl groups is 2. The van der Waals surface area contributed by atoms with Crippen molar-refractivity contribution in [1.82, 2.24) is 4.90 Å². The Morgan fingerprint density at radius 2 is 1.29 bits per heavy atom. The number of imide groups is 1. The van der Waals surface area contributed by atoms with Crippen LogP contribution in [0.5, 0.6) is 0 Å². The van der Waals surface area contributed by atoms with Crippen molar-refractivity contribution in [2.75, 3.05) is 13.2 Å². The van der Waals surface area contributed by atoms with Gasteiger partial charge in [0.15, 0.2) is 0 Å². The van der Waals surface area contributed by atoms with Gasteiger partial charge in [-0.15, -0.1) is 0 Å². The summed E-state index contributed by atoms with van der Waals surface area (Å²) in [5, 5.41) is 17.8. The SMILES string of the molecule is CCCCCCCCCCC(C)N(C(=O)CO)C(=O)CO. The molecular formula is C16H31NO4. The van der Waals surface area contributed by atoms with Crippen LogP contribution in [-0.4, -0.2) is 46.2 Å². The van der Waals surface area contributed by atoms with Crippen LogP contribution in [0, 0.1) is 0 Å². The predicted molar refractivity (Wildman–Crippen MR) is 82.7 cm³/mol. The smallest absolute Gasteiger partial charge is 0.255 e. The molecule has 0 aromatic carbocycles. The van der Waals surface area contributed by atoms with Crippen LogP contribution in [-0.2, 0) is 9.59 Å². The van der Waals surface area contributed by atoms with E-state index in [4.69, 9.17) is 10.2 Å². The second-order valence-electron chi connectivity index (χ2n) is 5.59. The van der Waals surface area contributed by atoms with Gasteiger partial charge < -0.3 is 10.2 Å². The van der Waals surface area contributed by atoms with Gasteiger partial charge in [0.1, 0.15) is 13.2 Å². The molecule has 0 aromatic rings. The first-order valence-electron chi connectivity index (χ1n) is 8.15. The Labute approximate surface area is 128 Å². The van der Waals surface area contributed by atoms with E-state index in [2.05, 4.69) is 6.92 Å². The summed E-state index contributed by atoms with van der Waals surface area (Å²) < 4.78 is 0. The zero-order chi connectivity index (χ0) is 16.1. The molecule has 2 amide bonds. The van der Waals surface area contributed by atoms with Gasteiger partial charge in [-0.05, 0) is 13.3 Å². The lowest BCUT2D eigenvalue weighted by Gasteiger charge is -2.26. The quantitative estimate of drug-likeness (QED) is 0.542. The Morgan fingerprint density at radius 3 is 1.71 bits per heavy atom. The number of unbranched alkanes of at least 4 members (excludes halogenated alkanes) is 7. The average molecular weight is 301 g/mol. The maximum absolute atomic E-state index is 11.5. The molecule has 0 aliphatic carbocycles. The molecule has 5 nitrogen and oxygen atoms in total. The van der Waals surface area contributed by atoms with Crippen molar-refractivity contribution in [3.8, 4) is 0 Å². The van der Waals surface area contributed by atoms with Crippen LogP contribution in [0.25, 0.3) is 0 Å². The fourth-order valence-corrected chi connectivity index (χ4v) is 2.49. The Morgan fingerprint density at radius 1 is 0.857 bits per heavy atom. The molecule has 0 spiro atoms. The normalized spacial score (nSPS) is 12.2. The van der Waals surface area contributed by atoms with E-state index in [1.807, 2.05) is 0 Å². The van der Waals surface area contributed by atoms with Crippen LogP contribution < -0.4 is 0 Å². The van der Waals surface area contributed by atoms with Crippen molar-refractivity contribution in [2.45, 2.75) is 77.7 Å². The topological polar surface area (TPSA) is 77.8 Å². The largest absolute Gasteiger partial charge is 0.387 e. The van der Waals surface area contributed by atoms with E-state index in [0.717, 1.165) is 17.7 Å². The van der Waals surface area contributed by atoms with E-state index >= 15 is 0 Å². The van der Waals surface area contributed by atoms with Crippen LogP contribution in [0.1, 0.15) is 71.6 Å². The number of hydrogen-bond donors (Lipinski definition) is 2. The van der Waals surface area contributed by atoms with E-state index in [9.17, 15) is 9.59 Å². The van der Waals surface area contributed by atoms with Gasteiger partial charge in [-0.1, -0.05) is 58.3 Å².